The molecule has 42 heavy (non-hydrogen) atoms. The maximum atomic E-state index is 11.6. The quantitative estimate of drug-likeness (QED) is 0.109. The minimum atomic E-state index is -0.765. The van der Waals surface area contributed by atoms with Crippen molar-refractivity contribution in [3.63, 3.8) is 0 Å². The first kappa shape index (κ1) is 29.9. The van der Waals surface area contributed by atoms with Crippen LogP contribution >= 0.6 is 0 Å². The predicted molar refractivity (Wildman–Crippen MR) is 166 cm³/mol. The summed E-state index contributed by atoms with van der Waals surface area (Å²) in [6.07, 6.45) is 1.73. The number of fused-ring (bicyclic) bond motifs is 2. The van der Waals surface area contributed by atoms with E-state index >= 15 is 0 Å². The number of aryl methyl sites for hydroxylation is 3. The Labute approximate surface area is 245 Å². The van der Waals surface area contributed by atoms with Crippen LogP contribution in [0.25, 0.3) is 21.8 Å². The number of aliphatic carboxylic acids is 1. The number of nitrogens with one attached hydrogen (secondary N) is 1. The van der Waals surface area contributed by atoms with E-state index in [2.05, 4.69) is 34.1 Å². The molecule has 4 aromatic carbocycles. The first-order chi connectivity index (χ1) is 20.2. The SMILES string of the molecule is COC(=O)CCc1ccc(Nc2ccccc2C(C)=O)cc1.Cc1c2ccccc2nc2ccc(CCC(=O)O)cc12. The van der Waals surface area contributed by atoms with Gasteiger partial charge in [-0.15, -0.1) is 0 Å². The maximum absolute atomic E-state index is 11.6. The van der Waals surface area contributed by atoms with Crippen LogP contribution in [0.15, 0.2) is 91.0 Å². The van der Waals surface area contributed by atoms with Crippen LogP contribution in [0.4, 0.5) is 11.4 Å². The summed E-state index contributed by atoms with van der Waals surface area (Å²) in [6, 6.07) is 29.3. The van der Waals surface area contributed by atoms with Gasteiger partial charge in [0.2, 0.25) is 0 Å². The minimum absolute atomic E-state index is 0.0257. The zero-order valence-electron chi connectivity index (χ0n) is 24.0. The fourth-order valence-corrected chi connectivity index (χ4v) is 4.71. The monoisotopic (exact) mass is 562 g/mol. The number of esters is 1. The van der Waals surface area contributed by atoms with Crippen LogP contribution < -0.4 is 5.32 Å². The number of ketones is 1. The lowest BCUT2D eigenvalue weighted by molar-refractivity contribution is -0.140. The van der Waals surface area contributed by atoms with E-state index in [0.29, 0.717) is 24.8 Å². The number of benzene rings is 4. The Hall–Kier alpha value is -5.04. The number of anilines is 2. The van der Waals surface area contributed by atoms with E-state index in [1.54, 1.807) is 13.0 Å². The van der Waals surface area contributed by atoms with E-state index in [9.17, 15) is 14.4 Å². The van der Waals surface area contributed by atoms with Gasteiger partial charge < -0.3 is 15.2 Å². The first-order valence-corrected chi connectivity index (χ1v) is 13.8. The van der Waals surface area contributed by atoms with E-state index < -0.39 is 5.97 Å². The molecular weight excluding hydrogens is 528 g/mol. The molecule has 1 aromatic heterocycles. The highest BCUT2D eigenvalue weighted by molar-refractivity contribution is 6.00. The third kappa shape index (κ3) is 7.79. The van der Waals surface area contributed by atoms with Crippen molar-refractivity contribution in [2.75, 3.05) is 12.4 Å². The molecule has 5 rings (SSSR count). The number of Topliss-reactive ketones (excluding diaryl/α,β-unsaturated/α-hetero) is 1. The van der Waals surface area contributed by atoms with Gasteiger partial charge in [-0.1, -0.05) is 48.5 Å². The third-order valence-corrected chi connectivity index (χ3v) is 7.03. The third-order valence-electron chi connectivity index (χ3n) is 7.03. The molecule has 0 unspecified atom stereocenters. The molecule has 0 spiro atoms. The Morgan fingerprint density at radius 3 is 2.14 bits per heavy atom. The second-order valence-corrected chi connectivity index (χ2v) is 10.00. The Balaban J connectivity index is 0.000000193. The molecular formula is C35H34N2O5. The van der Waals surface area contributed by atoms with Crippen LogP contribution in [0, 0.1) is 6.92 Å². The summed E-state index contributed by atoms with van der Waals surface area (Å²) in [5.41, 5.74) is 7.61. The molecule has 0 aliphatic rings. The molecule has 0 bridgehead atoms. The van der Waals surface area contributed by atoms with Crippen molar-refractivity contribution in [1.82, 2.24) is 4.98 Å². The van der Waals surface area contributed by atoms with Crippen LogP contribution in [0.2, 0.25) is 0 Å². The Bertz CT molecular complexity index is 1730. The molecule has 7 heteroatoms. The average molecular weight is 563 g/mol. The number of carboxylic acid groups (broad SMARTS) is 1. The van der Waals surface area contributed by atoms with Crippen LogP contribution in [0.5, 0.6) is 0 Å². The summed E-state index contributed by atoms with van der Waals surface area (Å²) < 4.78 is 4.63. The summed E-state index contributed by atoms with van der Waals surface area (Å²) in [5.74, 6) is -0.950. The minimum Gasteiger partial charge on any atom is -0.481 e. The van der Waals surface area contributed by atoms with E-state index in [4.69, 9.17) is 5.11 Å². The number of aromatic nitrogens is 1. The normalized spacial score (nSPS) is 10.5. The first-order valence-electron chi connectivity index (χ1n) is 13.8. The predicted octanol–water partition coefficient (Wildman–Crippen LogP) is 7.45. The Kier molecular flexibility index (Phi) is 10.0. The van der Waals surface area contributed by atoms with Gasteiger partial charge >= 0.3 is 11.9 Å². The van der Waals surface area contributed by atoms with Crippen molar-refractivity contribution >= 4 is 50.9 Å². The zero-order valence-corrected chi connectivity index (χ0v) is 24.0. The summed E-state index contributed by atoms with van der Waals surface area (Å²) >= 11 is 0. The van der Waals surface area contributed by atoms with E-state index in [1.165, 1.54) is 12.7 Å². The molecule has 0 amide bonds. The van der Waals surface area contributed by atoms with Gasteiger partial charge in [0, 0.05) is 40.6 Å². The molecule has 0 aliphatic carbocycles. The molecule has 2 N–H and O–H groups in total. The van der Waals surface area contributed by atoms with Gasteiger partial charge in [0.25, 0.3) is 0 Å². The number of carbonyl (C=O) groups is 3. The maximum Gasteiger partial charge on any atom is 0.305 e. The van der Waals surface area contributed by atoms with E-state index in [0.717, 1.165) is 44.3 Å². The van der Waals surface area contributed by atoms with Crippen LogP contribution in [-0.4, -0.2) is 34.9 Å². The lowest BCUT2D eigenvalue weighted by Crippen LogP contribution is -2.02. The van der Waals surface area contributed by atoms with Crippen LogP contribution in [-0.2, 0) is 27.2 Å². The molecule has 0 saturated carbocycles. The topological polar surface area (TPSA) is 106 Å². The number of rotatable bonds is 9. The molecule has 0 saturated heterocycles. The number of hydrogen-bond donors (Lipinski definition) is 2. The zero-order chi connectivity index (χ0) is 30.1. The number of pyridine rings is 1. The summed E-state index contributed by atoms with van der Waals surface area (Å²) in [6.45, 7) is 3.64. The van der Waals surface area contributed by atoms with Crippen molar-refractivity contribution < 1.29 is 24.2 Å². The van der Waals surface area contributed by atoms with E-state index in [-0.39, 0.29) is 18.2 Å². The summed E-state index contributed by atoms with van der Waals surface area (Å²) in [5, 5.41) is 14.3. The van der Waals surface area contributed by atoms with Crippen molar-refractivity contribution in [1.29, 1.82) is 0 Å². The lowest BCUT2D eigenvalue weighted by atomic mass is 10.0. The molecule has 0 aliphatic heterocycles. The largest absolute Gasteiger partial charge is 0.481 e. The van der Waals surface area contributed by atoms with Crippen LogP contribution in [0.3, 0.4) is 0 Å². The summed E-state index contributed by atoms with van der Waals surface area (Å²) in [7, 11) is 1.39. The number of hydrogen-bond acceptors (Lipinski definition) is 6. The standard InChI is InChI=1S/C18H19NO3.C17H15NO2/c1-13(20)16-5-3-4-6-17(16)19-15-10-7-14(8-11-15)9-12-18(21)22-2;1-11-13-4-2-3-5-15(13)18-16-8-6-12(10-14(11)16)7-9-17(19)20/h3-8,10-11,19H,9,12H2,1-2H3;2-6,8,10H,7,9H2,1H3,(H,19,20). The Morgan fingerprint density at radius 1 is 0.786 bits per heavy atom. The highest BCUT2D eigenvalue weighted by Crippen LogP contribution is 2.26. The molecule has 0 atom stereocenters. The van der Waals surface area contributed by atoms with Crippen molar-refractivity contribution in [3.8, 4) is 0 Å². The van der Waals surface area contributed by atoms with Gasteiger partial charge in [-0.3, -0.25) is 14.4 Å². The number of carboxylic acids is 1. The van der Waals surface area contributed by atoms with Gasteiger partial charge in [0.1, 0.15) is 0 Å². The van der Waals surface area contributed by atoms with Crippen molar-refractivity contribution in [2.24, 2.45) is 0 Å². The van der Waals surface area contributed by atoms with Crippen molar-refractivity contribution in [2.45, 2.75) is 39.5 Å². The van der Waals surface area contributed by atoms with Gasteiger partial charge in [-0.2, -0.15) is 0 Å². The van der Waals surface area contributed by atoms with E-state index in [1.807, 2.05) is 72.8 Å². The van der Waals surface area contributed by atoms with Gasteiger partial charge in [0.15, 0.2) is 5.78 Å². The molecule has 214 valence electrons. The smallest absolute Gasteiger partial charge is 0.305 e. The Morgan fingerprint density at radius 2 is 1.43 bits per heavy atom. The number of para-hydroxylation sites is 2. The average Bonchev–Trinajstić information content (AvgIpc) is 3.00. The van der Waals surface area contributed by atoms with Gasteiger partial charge in [-0.25, -0.2) is 4.98 Å². The number of carbonyl (C=O) groups excluding carboxylic acids is 2. The molecule has 0 radical (unpaired) electrons. The van der Waals surface area contributed by atoms with Crippen molar-refractivity contribution in [3.05, 3.63) is 113 Å². The summed E-state index contributed by atoms with van der Waals surface area (Å²) in [4.78, 5) is 38.1. The van der Waals surface area contributed by atoms with Gasteiger partial charge in [-0.05, 0) is 85.8 Å². The van der Waals surface area contributed by atoms with Gasteiger partial charge in [0.05, 0.1) is 18.1 Å². The number of ether oxygens (including phenoxy) is 1. The fraction of sp³-hybridized carbons (Fsp3) is 0.200. The molecule has 5 aromatic rings. The number of nitrogens with zero attached hydrogens (tertiary/aromatic N) is 1. The number of methoxy groups -OCH3 is 1. The fourth-order valence-electron chi connectivity index (χ4n) is 4.71. The highest BCUT2D eigenvalue weighted by atomic mass is 16.5. The molecule has 1 heterocycles. The lowest BCUT2D eigenvalue weighted by Gasteiger charge is -2.10. The second-order valence-electron chi connectivity index (χ2n) is 10.00. The second kappa shape index (κ2) is 14.0. The molecule has 0 fully saturated rings. The molecule has 7 nitrogen and oxygen atoms in total. The highest BCUT2D eigenvalue weighted by Gasteiger charge is 2.08. The van der Waals surface area contributed by atoms with Crippen LogP contribution in [0.1, 0.15) is 46.8 Å².